The number of amides is 1. The summed E-state index contributed by atoms with van der Waals surface area (Å²) in [6.45, 7) is 2.83. The molecule has 1 fully saturated rings. The Bertz CT molecular complexity index is 1390. The van der Waals surface area contributed by atoms with Crippen LogP contribution < -0.4 is 19.5 Å². The van der Waals surface area contributed by atoms with Gasteiger partial charge in [-0.2, -0.15) is 0 Å². The lowest BCUT2D eigenvalue weighted by Gasteiger charge is -2.23. The van der Waals surface area contributed by atoms with E-state index in [1.807, 2.05) is 51.9 Å². The summed E-state index contributed by atoms with van der Waals surface area (Å²) >= 11 is 0. The number of nitrogens with one attached hydrogen (secondary N) is 1. The van der Waals surface area contributed by atoms with E-state index in [2.05, 4.69) is 15.3 Å². The molecule has 1 aliphatic heterocycles. The van der Waals surface area contributed by atoms with Crippen molar-refractivity contribution in [3.63, 3.8) is 0 Å². The van der Waals surface area contributed by atoms with Gasteiger partial charge in [-0.05, 0) is 37.1 Å². The highest BCUT2D eigenvalue weighted by Crippen LogP contribution is 2.33. The van der Waals surface area contributed by atoms with Crippen LogP contribution in [0.2, 0.25) is 0 Å². The Morgan fingerprint density at radius 3 is 2.78 bits per heavy atom. The minimum absolute atomic E-state index is 0.0843. The molecule has 1 aromatic carbocycles. The standard InChI is InChI=1S/C26H28N6O4/c1-17(33)31-12-6-7-18(31)16-36-19-9-10-20(22(13-19)34-2)29-26-28-15-23(35-3)25(30-26)21-14-27-24-8-4-5-11-32(21)24/h4-5,8-11,13-15,18H,6-7,12,16H2,1-3H3,(H,28,29,30)/t18-/m1/s1. The van der Waals surface area contributed by atoms with Gasteiger partial charge >= 0.3 is 0 Å². The van der Waals surface area contributed by atoms with Crippen molar-refractivity contribution in [3.8, 4) is 28.6 Å². The normalized spacial score (nSPS) is 15.2. The van der Waals surface area contributed by atoms with Crippen LogP contribution in [0.3, 0.4) is 0 Å². The summed E-state index contributed by atoms with van der Waals surface area (Å²) in [5.74, 6) is 2.24. The number of imidazole rings is 1. The van der Waals surface area contributed by atoms with E-state index in [9.17, 15) is 4.79 Å². The summed E-state index contributed by atoms with van der Waals surface area (Å²) in [4.78, 5) is 27.2. The number of likely N-dealkylation sites (tertiary alicyclic amines) is 1. The third-order valence-corrected chi connectivity index (χ3v) is 6.28. The van der Waals surface area contributed by atoms with Crippen molar-refractivity contribution in [2.24, 2.45) is 0 Å². The fraction of sp³-hybridized carbons (Fsp3) is 0.308. The van der Waals surface area contributed by atoms with Gasteiger partial charge in [-0.25, -0.2) is 15.0 Å². The molecule has 1 N–H and O–H groups in total. The molecule has 4 aromatic rings. The van der Waals surface area contributed by atoms with Crippen LogP contribution in [0.1, 0.15) is 19.8 Å². The maximum absolute atomic E-state index is 11.8. The predicted molar refractivity (Wildman–Crippen MR) is 135 cm³/mol. The summed E-state index contributed by atoms with van der Waals surface area (Å²) in [6, 6.07) is 11.4. The first-order valence-electron chi connectivity index (χ1n) is 11.8. The summed E-state index contributed by atoms with van der Waals surface area (Å²) in [5.41, 5.74) is 2.89. The largest absolute Gasteiger partial charge is 0.494 e. The molecule has 1 aliphatic rings. The number of carbonyl (C=O) groups is 1. The fourth-order valence-corrected chi connectivity index (χ4v) is 4.47. The number of hydrogen-bond acceptors (Lipinski definition) is 8. The average Bonchev–Trinajstić information content (AvgIpc) is 3.55. The molecule has 3 aromatic heterocycles. The van der Waals surface area contributed by atoms with Gasteiger partial charge in [0.1, 0.15) is 29.4 Å². The van der Waals surface area contributed by atoms with E-state index in [1.165, 1.54) is 0 Å². The molecule has 0 unspecified atom stereocenters. The average molecular weight is 489 g/mol. The molecule has 0 saturated carbocycles. The molecule has 1 saturated heterocycles. The highest BCUT2D eigenvalue weighted by atomic mass is 16.5. The number of pyridine rings is 1. The maximum atomic E-state index is 11.8. The Kier molecular flexibility index (Phi) is 6.57. The molecule has 4 heterocycles. The fourth-order valence-electron chi connectivity index (χ4n) is 4.47. The van der Waals surface area contributed by atoms with Gasteiger partial charge in [0.2, 0.25) is 11.9 Å². The van der Waals surface area contributed by atoms with Gasteiger partial charge < -0.3 is 24.4 Å². The quantitative estimate of drug-likeness (QED) is 0.398. The molecular weight excluding hydrogens is 460 g/mol. The highest BCUT2D eigenvalue weighted by Gasteiger charge is 2.27. The lowest BCUT2D eigenvalue weighted by atomic mass is 10.2. The van der Waals surface area contributed by atoms with Crippen molar-refractivity contribution < 1.29 is 19.0 Å². The maximum Gasteiger partial charge on any atom is 0.228 e. The predicted octanol–water partition coefficient (Wildman–Crippen LogP) is 3.94. The van der Waals surface area contributed by atoms with Crippen LogP contribution in [0.5, 0.6) is 17.2 Å². The van der Waals surface area contributed by atoms with E-state index in [0.29, 0.717) is 41.2 Å². The van der Waals surface area contributed by atoms with Gasteiger partial charge in [0.05, 0.1) is 44.0 Å². The van der Waals surface area contributed by atoms with E-state index >= 15 is 0 Å². The first-order valence-corrected chi connectivity index (χ1v) is 11.8. The molecule has 1 amide bonds. The van der Waals surface area contributed by atoms with E-state index in [-0.39, 0.29) is 11.9 Å². The van der Waals surface area contributed by atoms with Crippen LogP contribution in [0.4, 0.5) is 11.6 Å². The van der Waals surface area contributed by atoms with E-state index < -0.39 is 0 Å². The molecule has 186 valence electrons. The number of benzene rings is 1. The number of hydrogen-bond donors (Lipinski definition) is 1. The van der Waals surface area contributed by atoms with Crippen LogP contribution in [-0.2, 0) is 4.79 Å². The second-order valence-electron chi connectivity index (χ2n) is 8.49. The van der Waals surface area contributed by atoms with E-state index in [1.54, 1.807) is 33.5 Å². The Labute approximate surface area is 208 Å². The van der Waals surface area contributed by atoms with Crippen molar-refractivity contribution in [3.05, 3.63) is 55.0 Å². The zero-order valence-electron chi connectivity index (χ0n) is 20.5. The van der Waals surface area contributed by atoms with E-state index in [4.69, 9.17) is 19.2 Å². The number of ether oxygens (including phenoxy) is 3. The highest BCUT2D eigenvalue weighted by molar-refractivity contribution is 5.74. The van der Waals surface area contributed by atoms with Gasteiger partial charge in [0, 0.05) is 25.7 Å². The third-order valence-electron chi connectivity index (χ3n) is 6.28. The number of methoxy groups -OCH3 is 2. The Morgan fingerprint density at radius 1 is 1.11 bits per heavy atom. The van der Waals surface area contributed by atoms with Crippen LogP contribution >= 0.6 is 0 Å². The van der Waals surface area contributed by atoms with Crippen molar-refractivity contribution in [2.75, 3.05) is 32.7 Å². The summed E-state index contributed by atoms with van der Waals surface area (Å²) < 4.78 is 19.1. The van der Waals surface area contributed by atoms with Crippen LogP contribution in [0, 0.1) is 0 Å². The topological polar surface area (TPSA) is 103 Å². The van der Waals surface area contributed by atoms with E-state index in [0.717, 1.165) is 30.7 Å². The first-order chi connectivity index (χ1) is 17.6. The number of rotatable bonds is 8. The van der Waals surface area contributed by atoms with Crippen LogP contribution in [-0.4, -0.2) is 63.6 Å². The second-order valence-corrected chi connectivity index (χ2v) is 8.49. The molecule has 36 heavy (non-hydrogen) atoms. The van der Waals surface area contributed by atoms with Crippen molar-refractivity contribution in [1.29, 1.82) is 0 Å². The molecule has 10 nitrogen and oxygen atoms in total. The molecule has 0 radical (unpaired) electrons. The van der Waals surface area contributed by atoms with Gasteiger partial charge in [0.25, 0.3) is 0 Å². The zero-order chi connectivity index (χ0) is 25.1. The lowest BCUT2D eigenvalue weighted by Crippen LogP contribution is -2.37. The summed E-state index contributed by atoms with van der Waals surface area (Å²) in [7, 11) is 3.18. The first kappa shape index (κ1) is 23.4. The third kappa shape index (κ3) is 4.61. The lowest BCUT2D eigenvalue weighted by molar-refractivity contribution is -0.130. The minimum Gasteiger partial charge on any atom is -0.494 e. The number of fused-ring (bicyclic) bond motifs is 1. The Hall–Kier alpha value is -4.34. The Morgan fingerprint density at radius 2 is 1.97 bits per heavy atom. The van der Waals surface area contributed by atoms with Gasteiger partial charge in [0.15, 0.2) is 5.75 Å². The molecule has 0 spiro atoms. The summed E-state index contributed by atoms with van der Waals surface area (Å²) in [6.07, 6.45) is 7.25. The number of carbonyl (C=O) groups excluding carboxylic acids is 1. The molecule has 0 aliphatic carbocycles. The van der Waals surface area contributed by atoms with Gasteiger partial charge in [-0.1, -0.05) is 6.07 Å². The van der Waals surface area contributed by atoms with Gasteiger partial charge in [-0.3, -0.25) is 9.20 Å². The van der Waals surface area contributed by atoms with Crippen LogP contribution in [0.25, 0.3) is 17.0 Å². The second kappa shape index (κ2) is 10.1. The molecule has 10 heteroatoms. The smallest absolute Gasteiger partial charge is 0.228 e. The minimum atomic E-state index is 0.0843. The SMILES string of the molecule is COc1cc(OC[C@H]2CCCN2C(C)=O)ccc1Nc1ncc(OC)c(-c2cnc3ccccn23)n1. The monoisotopic (exact) mass is 488 g/mol. The molecule has 1 atom stereocenters. The number of aromatic nitrogens is 4. The number of anilines is 2. The van der Waals surface area contributed by atoms with Gasteiger partial charge in [-0.15, -0.1) is 0 Å². The van der Waals surface area contributed by atoms with Crippen LogP contribution in [0.15, 0.2) is 55.0 Å². The molecule has 0 bridgehead atoms. The summed E-state index contributed by atoms with van der Waals surface area (Å²) in [5, 5.41) is 3.23. The Balaban J connectivity index is 1.36. The zero-order valence-corrected chi connectivity index (χ0v) is 20.5. The van der Waals surface area contributed by atoms with Crippen molar-refractivity contribution in [1.82, 2.24) is 24.3 Å². The molecular formula is C26H28N6O4. The number of nitrogens with zero attached hydrogens (tertiary/aromatic N) is 5. The van der Waals surface area contributed by atoms with Crippen molar-refractivity contribution >= 4 is 23.2 Å². The van der Waals surface area contributed by atoms with Crippen molar-refractivity contribution in [2.45, 2.75) is 25.8 Å². The molecule has 5 rings (SSSR count).